The van der Waals surface area contributed by atoms with Crippen LogP contribution in [-0.4, -0.2) is 19.0 Å². The van der Waals surface area contributed by atoms with Gasteiger partial charge < -0.3 is 9.13 Å². The van der Waals surface area contributed by atoms with E-state index in [9.17, 15) is 10.1 Å². The Morgan fingerprint density at radius 1 is 1.33 bits per heavy atom. The highest BCUT2D eigenvalue weighted by Crippen LogP contribution is 2.25. The van der Waals surface area contributed by atoms with Crippen LogP contribution in [0.1, 0.15) is 12.1 Å². The lowest BCUT2D eigenvalue weighted by atomic mass is 10.3. The lowest BCUT2D eigenvalue weighted by Crippen LogP contribution is -2.17. The Labute approximate surface area is 142 Å². The molecule has 24 heavy (non-hydrogen) atoms. The Kier molecular flexibility index (Phi) is 4.85. The second-order valence-electron chi connectivity index (χ2n) is 5.32. The maximum Gasteiger partial charge on any atom is 0.294 e. The zero-order valence-corrected chi connectivity index (χ0v) is 14.0. The third kappa shape index (κ3) is 3.60. The van der Waals surface area contributed by atoms with Crippen molar-refractivity contribution in [3.63, 3.8) is 0 Å². The van der Waals surface area contributed by atoms with Crippen molar-refractivity contribution < 1.29 is 4.92 Å². The Hall–Kier alpha value is -2.74. The van der Waals surface area contributed by atoms with E-state index in [2.05, 4.69) is 14.5 Å². The highest BCUT2D eigenvalue weighted by atomic mass is 32.1. The van der Waals surface area contributed by atoms with E-state index >= 15 is 0 Å². The van der Waals surface area contributed by atoms with Gasteiger partial charge in [-0.15, -0.1) is 11.3 Å². The topological polar surface area (TPSA) is 78.2 Å². The number of thiazole rings is 1. The van der Waals surface area contributed by atoms with Gasteiger partial charge >= 0.3 is 0 Å². The monoisotopic (exact) mass is 343 g/mol. The van der Waals surface area contributed by atoms with Gasteiger partial charge in [0, 0.05) is 42.6 Å². The quantitative estimate of drug-likeness (QED) is 0.509. The SMILES string of the molecule is Cc1csc(=Nc2ccccc2[N+](=O)[O-])n1CCCn1ccnc1. The van der Waals surface area contributed by atoms with Crippen molar-refractivity contribution in [1.29, 1.82) is 0 Å². The molecular weight excluding hydrogens is 326 g/mol. The summed E-state index contributed by atoms with van der Waals surface area (Å²) in [6.45, 7) is 3.69. The van der Waals surface area contributed by atoms with E-state index in [1.54, 1.807) is 30.7 Å². The Morgan fingerprint density at radius 2 is 2.17 bits per heavy atom. The molecule has 2 aromatic heterocycles. The summed E-state index contributed by atoms with van der Waals surface area (Å²) in [7, 11) is 0. The number of benzene rings is 1. The summed E-state index contributed by atoms with van der Waals surface area (Å²) in [6.07, 6.45) is 6.42. The predicted octanol–water partition coefficient (Wildman–Crippen LogP) is 3.29. The van der Waals surface area contributed by atoms with Crippen molar-refractivity contribution in [3.05, 3.63) is 69.0 Å². The zero-order chi connectivity index (χ0) is 16.9. The van der Waals surface area contributed by atoms with Crippen LogP contribution < -0.4 is 4.80 Å². The molecule has 0 aliphatic rings. The third-order valence-electron chi connectivity index (χ3n) is 3.64. The van der Waals surface area contributed by atoms with E-state index in [1.807, 2.05) is 23.1 Å². The molecule has 3 rings (SSSR count). The Balaban J connectivity index is 1.85. The van der Waals surface area contributed by atoms with Crippen molar-refractivity contribution in [1.82, 2.24) is 14.1 Å². The predicted molar refractivity (Wildman–Crippen MR) is 92.2 cm³/mol. The highest BCUT2D eigenvalue weighted by molar-refractivity contribution is 7.07. The first kappa shape index (κ1) is 16.1. The molecule has 0 fully saturated rings. The molecule has 0 spiro atoms. The molecule has 0 saturated carbocycles. The molecule has 0 unspecified atom stereocenters. The molecule has 8 heteroatoms. The Morgan fingerprint density at radius 3 is 2.92 bits per heavy atom. The van der Waals surface area contributed by atoms with Crippen molar-refractivity contribution in [2.75, 3.05) is 0 Å². The van der Waals surface area contributed by atoms with E-state index in [-0.39, 0.29) is 5.69 Å². The number of aromatic nitrogens is 3. The standard InChI is InChI=1S/C16H17N5O2S/c1-13-11-24-16(18-14-5-2-3-6-15(14)21(22)23)20(13)9-4-8-19-10-7-17-12-19/h2-3,5-7,10-12H,4,8-9H2,1H3. The molecule has 1 aromatic carbocycles. The first-order valence-electron chi connectivity index (χ1n) is 7.54. The highest BCUT2D eigenvalue weighted by Gasteiger charge is 2.12. The van der Waals surface area contributed by atoms with Crippen LogP contribution >= 0.6 is 11.3 Å². The van der Waals surface area contributed by atoms with Crippen LogP contribution in [0.4, 0.5) is 11.4 Å². The lowest BCUT2D eigenvalue weighted by molar-refractivity contribution is -0.384. The fourth-order valence-electron chi connectivity index (χ4n) is 2.42. The van der Waals surface area contributed by atoms with Crippen LogP contribution in [0.15, 0.2) is 53.4 Å². The second kappa shape index (κ2) is 7.22. The maximum atomic E-state index is 11.1. The molecule has 0 aliphatic carbocycles. The average Bonchev–Trinajstić information content (AvgIpc) is 3.20. The average molecular weight is 343 g/mol. The number of hydrogen-bond acceptors (Lipinski definition) is 5. The molecule has 0 saturated heterocycles. The van der Waals surface area contributed by atoms with Crippen LogP contribution in [0.25, 0.3) is 0 Å². The number of imidazole rings is 1. The van der Waals surface area contributed by atoms with Gasteiger partial charge in [-0.1, -0.05) is 12.1 Å². The lowest BCUT2D eigenvalue weighted by Gasteiger charge is -2.06. The molecule has 0 amide bonds. The van der Waals surface area contributed by atoms with E-state index in [4.69, 9.17) is 0 Å². The smallest absolute Gasteiger partial charge is 0.294 e. The number of aryl methyl sites for hydroxylation is 2. The summed E-state index contributed by atoms with van der Waals surface area (Å²) >= 11 is 1.49. The van der Waals surface area contributed by atoms with Gasteiger partial charge in [0.25, 0.3) is 5.69 Å². The number of nitro groups is 1. The second-order valence-corrected chi connectivity index (χ2v) is 6.16. The normalized spacial score (nSPS) is 11.8. The molecule has 3 aromatic rings. The van der Waals surface area contributed by atoms with Crippen LogP contribution in [0, 0.1) is 17.0 Å². The molecule has 0 atom stereocenters. The van der Waals surface area contributed by atoms with E-state index in [1.165, 1.54) is 17.4 Å². The zero-order valence-electron chi connectivity index (χ0n) is 13.2. The number of rotatable bonds is 6. The van der Waals surface area contributed by atoms with Gasteiger partial charge in [0.05, 0.1) is 11.3 Å². The summed E-state index contributed by atoms with van der Waals surface area (Å²) in [4.78, 5) is 20.1. The summed E-state index contributed by atoms with van der Waals surface area (Å²) in [5.74, 6) is 0. The van der Waals surface area contributed by atoms with Crippen LogP contribution in [0.2, 0.25) is 0 Å². The van der Waals surface area contributed by atoms with Gasteiger partial charge in [0.1, 0.15) is 5.69 Å². The molecular formula is C16H17N5O2S. The number of para-hydroxylation sites is 2. The minimum atomic E-state index is -0.400. The van der Waals surface area contributed by atoms with Crippen molar-refractivity contribution in [3.8, 4) is 0 Å². The van der Waals surface area contributed by atoms with Crippen molar-refractivity contribution in [2.45, 2.75) is 26.4 Å². The summed E-state index contributed by atoms with van der Waals surface area (Å²) in [5, 5.41) is 13.2. The molecule has 124 valence electrons. The van der Waals surface area contributed by atoms with Gasteiger partial charge in [-0.2, -0.15) is 0 Å². The molecule has 0 N–H and O–H groups in total. The minimum Gasteiger partial charge on any atom is -0.337 e. The van der Waals surface area contributed by atoms with Crippen molar-refractivity contribution >= 4 is 22.7 Å². The van der Waals surface area contributed by atoms with Crippen LogP contribution in [-0.2, 0) is 13.1 Å². The molecule has 0 radical (unpaired) electrons. The summed E-state index contributed by atoms with van der Waals surface area (Å²) in [6, 6.07) is 6.55. The third-order valence-corrected chi connectivity index (χ3v) is 4.62. The summed E-state index contributed by atoms with van der Waals surface area (Å²) in [5.41, 5.74) is 1.50. The summed E-state index contributed by atoms with van der Waals surface area (Å²) < 4.78 is 4.12. The molecule has 7 nitrogen and oxygen atoms in total. The first-order chi connectivity index (χ1) is 11.6. The largest absolute Gasteiger partial charge is 0.337 e. The molecule has 0 aliphatic heterocycles. The fourth-order valence-corrected chi connectivity index (χ4v) is 3.34. The maximum absolute atomic E-state index is 11.1. The number of hydrogen-bond donors (Lipinski definition) is 0. The minimum absolute atomic E-state index is 0.0218. The number of nitro benzene ring substituents is 1. The van der Waals surface area contributed by atoms with Gasteiger partial charge in [-0.25, -0.2) is 9.98 Å². The van der Waals surface area contributed by atoms with Crippen molar-refractivity contribution in [2.24, 2.45) is 4.99 Å². The van der Waals surface area contributed by atoms with Gasteiger partial charge in [0.15, 0.2) is 4.80 Å². The molecule has 0 bridgehead atoms. The van der Waals surface area contributed by atoms with E-state index in [0.717, 1.165) is 30.0 Å². The van der Waals surface area contributed by atoms with Gasteiger partial charge in [-0.3, -0.25) is 10.1 Å². The first-order valence-corrected chi connectivity index (χ1v) is 8.42. The van der Waals surface area contributed by atoms with Gasteiger partial charge in [0.2, 0.25) is 0 Å². The number of nitrogens with zero attached hydrogens (tertiary/aromatic N) is 5. The van der Waals surface area contributed by atoms with Crippen LogP contribution in [0.5, 0.6) is 0 Å². The van der Waals surface area contributed by atoms with Crippen LogP contribution in [0.3, 0.4) is 0 Å². The van der Waals surface area contributed by atoms with Gasteiger partial charge in [-0.05, 0) is 19.4 Å². The Bertz CT molecular complexity index is 895. The van der Waals surface area contributed by atoms with E-state index in [0.29, 0.717) is 5.69 Å². The molecule has 2 heterocycles. The fraction of sp³-hybridized carbons (Fsp3) is 0.250. The van der Waals surface area contributed by atoms with E-state index < -0.39 is 4.92 Å².